The topological polar surface area (TPSA) is 145 Å². The van der Waals surface area contributed by atoms with Gasteiger partial charge in [0.2, 0.25) is 11.8 Å². The summed E-state index contributed by atoms with van der Waals surface area (Å²) >= 11 is 0. The molecule has 2 saturated heterocycles. The van der Waals surface area contributed by atoms with Gasteiger partial charge in [0.25, 0.3) is 0 Å². The summed E-state index contributed by atoms with van der Waals surface area (Å²) in [6.07, 6.45) is -0.337. The molecule has 2 fully saturated rings. The standard InChI is InChI=1S/C16H26N4O6/c17-15(23)13(19-3-7-25-8-4-19)11(21)1-2-12(22)14(16(18)24)20-5-9-26-10-6-20/h13-14H,1-10H2,(H2,17,23)(H2,18,24). The lowest BCUT2D eigenvalue weighted by Crippen LogP contribution is -2.55. The van der Waals surface area contributed by atoms with Crippen LogP contribution < -0.4 is 11.5 Å². The Morgan fingerprint density at radius 3 is 1.27 bits per heavy atom. The number of ketones is 2. The maximum atomic E-state index is 12.5. The summed E-state index contributed by atoms with van der Waals surface area (Å²) in [6, 6.07) is -2.16. The number of amides is 2. The Labute approximate surface area is 151 Å². The van der Waals surface area contributed by atoms with Crippen LogP contribution in [0.15, 0.2) is 0 Å². The molecule has 0 bridgehead atoms. The third-order valence-corrected chi connectivity index (χ3v) is 4.59. The first-order chi connectivity index (χ1) is 12.4. The highest BCUT2D eigenvalue weighted by Gasteiger charge is 2.35. The molecule has 2 aliphatic rings. The van der Waals surface area contributed by atoms with Gasteiger partial charge in [0, 0.05) is 39.0 Å². The summed E-state index contributed by atoms with van der Waals surface area (Å²) in [5, 5.41) is 0. The molecule has 0 saturated carbocycles. The van der Waals surface area contributed by atoms with Crippen LogP contribution in [0.5, 0.6) is 0 Å². The Balaban J connectivity index is 1.95. The summed E-state index contributed by atoms with van der Waals surface area (Å²) in [4.78, 5) is 51.7. The first-order valence-electron chi connectivity index (χ1n) is 8.69. The Morgan fingerprint density at radius 1 is 0.692 bits per heavy atom. The molecule has 10 heteroatoms. The average molecular weight is 370 g/mol. The monoisotopic (exact) mass is 370 g/mol. The number of rotatable bonds is 9. The molecule has 10 nitrogen and oxygen atoms in total. The SMILES string of the molecule is NC(=O)C(C(=O)CCC(=O)C(C(N)=O)N1CCOCC1)N1CCOCC1. The van der Waals surface area contributed by atoms with E-state index in [1.807, 2.05) is 0 Å². The Kier molecular flexibility index (Phi) is 7.64. The summed E-state index contributed by atoms with van der Waals surface area (Å²) in [5.41, 5.74) is 10.8. The van der Waals surface area contributed by atoms with Crippen molar-refractivity contribution < 1.29 is 28.7 Å². The Morgan fingerprint density at radius 2 is 1.00 bits per heavy atom. The number of hydrogen-bond donors (Lipinski definition) is 2. The van der Waals surface area contributed by atoms with Crippen molar-refractivity contribution in [2.75, 3.05) is 52.6 Å². The largest absolute Gasteiger partial charge is 0.379 e. The van der Waals surface area contributed by atoms with Crippen LogP contribution in [0.4, 0.5) is 0 Å². The van der Waals surface area contributed by atoms with Gasteiger partial charge in [-0.1, -0.05) is 0 Å². The maximum Gasteiger partial charge on any atom is 0.242 e. The Bertz CT molecular complexity index is 495. The van der Waals surface area contributed by atoms with Crippen LogP contribution in [-0.4, -0.2) is 97.9 Å². The van der Waals surface area contributed by atoms with E-state index in [9.17, 15) is 19.2 Å². The van der Waals surface area contributed by atoms with Crippen LogP contribution in [0.25, 0.3) is 0 Å². The van der Waals surface area contributed by atoms with Crippen molar-refractivity contribution in [3.8, 4) is 0 Å². The van der Waals surface area contributed by atoms with Crippen molar-refractivity contribution >= 4 is 23.4 Å². The third kappa shape index (κ3) is 5.31. The molecule has 2 atom stereocenters. The first kappa shape index (κ1) is 20.4. The first-order valence-corrected chi connectivity index (χ1v) is 8.69. The van der Waals surface area contributed by atoms with Crippen LogP contribution in [0, 0.1) is 0 Å². The van der Waals surface area contributed by atoms with E-state index in [-0.39, 0.29) is 12.8 Å². The lowest BCUT2D eigenvalue weighted by Gasteiger charge is -2.32. The van der Waals surface area contributed by atoms with Crippen LogP contribution in [0.1, 0.15) is 12.8 Å². The van der Waals surface area contributed by atoms with E-state index in [2.05, 4.69) is 0 Å². The molecule has 2 unspecified atom stereocenters. The number of carbonyl (C=O) groups excluding carboxylic acids is 4. The fourth-order valence-electron chi connectivity index (χ4n) is 3.28. The summed E-state index contributed by atoms with van der Waals surface area (Å²) in [6.45, 7) is 3.34. The zero-order valence-electron chi connectivity index (χ0n) is 14.7. The average Bonchev–Trinajstić information content (AvgIpc) is 2.61. The second-order valence-electron chi connectivity index (χ2n) is 6.34. The van der Waals surface area contributed by atoms with Crippen molar-refractivity contribution in [3.05, 3.63) is 0 Å². The minimum absolute atomic E-state index is 0.169. The van der Waals surface area contributed by atoms with Gasteiger partial charge in [-0.3, -0.25) is 29.0 Å². The molecule has 2 aliphatic heterocycles. The second-order valence-corrected chi connectivity index (χ2v) is 6.34. The smallest absolute Gasteiger partial charge is 0.242 e. The molecule has 2 heterocycles. The van der Waals surface area contributed by atoms with E-state index in [0.717, 1.165) is 0 Å². The van der Waals surface area contributed by atoms with Gasteiger partial charge in [-0.15, -0.1) is 0 Å². The number of primary amides is 2. The lowest BCUT2D eigenvalue weighted by molar-refractivity contribution is -0.140. The molecular weight excluding hydrogens is 344 g/mol. The van der Waals surface area contributed by atoms with Crippen LogP contribution in [-0.2, 0) is 28.7 Å². The van der Waals surface area contributed by atoms with Gasteiger partial charge in [-0.05, 0) is 0 Å². The molecular formula is C16H26N4O6. The molecule has 0 aliphatic carbocycles. The number of hydrogen-bond acceptors (Lipinski definition) is 8. The molecule has 0 aromatic rings. The predicted molar refractivity (Wildman–Crippen MR) is 90.0 cm³/mol. The van der Waals surface area contributed by atoms with Gasteiger partial charge < -0.3 is 20.9 Å². The van der Waals surface area contributed by atoms with Crippen molar-refractivity contribution in [1.82, 2.24) is 9.80 Å². The number of Topliss-reactive ketones (excluding diaryl/α,β-unsaturated/α-hetero) is 2. The van der Waals surface area contributed by atoms with Gasteiger partial charge in [-0.2, -0.15) is 0 Å². The molecule has 4 N–H and O–H groups in total. The molecule has 2 amide bonds. The highest BCUT2D eigenvalue weighted by atomic mass is 16.5. The van der Waals surface area contributed by atoms with Gasteiger partial charge in [0.05, 0.1) is 26.4 Å². The van der Waals surface area contributed by atoms with Gasteiger partial charge in [0.15, 0.2) is 11.6 Å². The van der Waals surface area contributed by atoms with E-state index in [0.29, 0.717) is 52.6 Å². The molecule has 0 aromatic carbocycles. The zero-order valence-corrected chi connectivity index (χ0v) is 14.7. The van der Waals surface area contributed by atoms with E-state index >= 15 is 0 Å². The highest BCUT2D eigenvalue weighted by Crippen LogP contribution is 2.12. The van der Waals surface area contributed by atoms with Gasteiger partial charge >= 0.3 is 0 Å². The molecule has 0 radical (unpaired) electrons. The number of morpholine rings is 2. The van der Waals surface area contributed by atoms with Crippen molar-refractivity contribution in [2.45, 2.75) is 24.9 Å². The number of nitrogens with zero attached hydrogens (tertiary/aromatic N) is 2. The molecule has 0 spiro atoms. The fraction of sp³-hybridized carbons (Fsp3) is 0.750. The molecule has 2 rings (SSSR count). The Hall–Kier alpha value is -1.88. The van der Waals surface area contributed by atoms with E-state index in [1.165, 1.54) is 0 Å². The van der Waals surface area contributed by atoms with E-state index in [1.54, 1.807) is 9.80 Å². The lowest BCUT2D eigenvalue weighted by atomic mass is 9.99. The van der Waals surface area contributed by atoms with E-state index in [4.69, 9.17) is 20.9 Å². The second kappa shape index (κ2) is 9.72. The van der Waals surface area contributed by atoms with Crippen molar-refractivity contribution in [3.63, 3.8) is 0 Å². The van der Waals surface area contributed by atoms with Crippen LogP contribution in [0.3, 0.4) is 0 Å². The summed E-state index contributed by atoms with van der Waals surface area (Å²) in [5.74, 6) is -2.36. The van der Waals surface area contributed by atoms with E-state index < -0.39 is 35.5 Å². The van der Waals surface area contributed by atoms with Crippen molar-refractivity contribution in [2.24, 2.45) is 11.5 Å². The van der Waals surface area contributed by atoms with Gasteiger partial charge in [-0.25, -0.2) is 0 Å². The third-order valence-electron chi connectivity index (χ3n) is 4.59. The quantitative estimate of drug-likeness (QED) is 0.416. The molecule has 26 heavy (non-hydrogen) atoms. The molecule has 0 aromatic heterocycles. The zero-order chi connectivity index (χ0) is 19.1. The normalized spacial score (nSPS) is 21.7. The highest BCUT2D eigenvalue weighted by molar-refractivity contribution is 6.08. The fourth-order valence-corrected chi connectivity index (χ4v) is 3.28. The minimum atomic E-state index is -1.08. The van der Waals surface area contributed by atoms with Crippen LogP contribution >= 0.6 is 0 Å². The summed E-state index contributed by atoms with van der Waals surface area (Å²) in [7, 11) is 0. The van der Waals surface area contributed by atoms with Gasteiger partial charge in [0.1, 0.15) is 12.1 Å². The summed E-state index contributed by atoms with van der Waals surface area (Å²) < 4.78 is 10.4. The predicted octanol–water partition coefficient (Wildman–Crippen LogP) is -2.72. The maximum absolute atomic E-state index is 12.5. The molecule has 146 valence electrons. The number of ether oxygens (including phenoxy) is 2. The van der Waals surface area contributed by atoms with Crippen molar-refractivity contribution in [1.29, 1.82) is 0 Å². The minimum Gasteiger partial charge on any atom is -0.379 e. The van der Waals surface area contributed by atoms with Crippen LogP contribution in [0.2, 0.25) is 0 Å². The number of carbonyl (C=O) groups is 4. The number of nitrogens with two attached hydrogens (primary N) is 2.